The van der Waals surface area contributed by atoms with Gasteiger partial charge in [0.05, 0.1) is 5.58 Å². The summed E-state index contributed by atoms with van der Waals surface area (Å²) in [6.45, 7) is 8.29. The Morgan fingerprint density at radius 2 is 1.37 bits per heavy atom. The molecule has 4 aromatic heterocycles. The van der Waals surface area contributed by atoms with Gasteiger partial charge in [0.25, 0.3) is 0 Å². The number of aryl methyl sites for hydroxylation is 4. The maximum absolute atomic E-state index is 6.16. The molecular formula is C47H35IrN3O-2. The van der Waals surface area contributed by atoms with E-state index in [2.05, 4.69) is 132 Å². The van der Waals surface area contributed by atoms with Crippen LogP contribution >= 0.6 is 0 Å². The molecule has 0 amide bonds. The molecule has 0 unspecified atom stereocenters. The fourth-order valence-corrected chi connectivity index (χ4v) is 6.57. The van der Waals surface area contributed by atoms with Gasteiger partial charge >= 0.3 is 0 Å². The predicted molar refractivity (Wildman–Crippen MR) is 209 cm³/mol. The van der Waals surface area contributed by atoms with E-state index in [9.17, 15) is 0 Å². The van der Waals surface area contributed by atoms with Gasteiger partial charge in [-0.15, -0.1) is 47.5 Å². The summed E-state index contributed by atoms with van der Waals surface area (Å²) in [6, 6.07) is 50.6. The second-order valence-electron chi connectivity index (χ2n) is 13.0. The van der Waals surface area contributed by atoms with Gasteiger partial charge in [-0.3, -0.25) is 0 Å². The van der Waals surface area contributed by atoms with Gasteiger partial charge in [0.15, 0.2) is 0 Å². The van der Waals surface area contributed by atoms with Gasteiger partial charge in [-0.25, -0.2) is 4.98 Å². The van der Waals surface area contributed by atoms with Crippen LogP contribution in [0.15, 0.2) is 144 Å². The van der Waals surface area contributed by atoms with E-state index in [0.717, 1.165) is 50.1 Å². The van der Waals surface area contributed by atoms with E-state index in [1.807, 2.05) is 62.6 Å². The van der Waals surface area contributed by atoms with Gasteiger partial charge < -0.3 is 14.4 Å². The molecular weight excluding hydrogens is 815 g/mol. The fourth-order valence-electron chi connectivity index (χ4n) is 6.57. The van der Waals surface area contributed by atoms with Crippen LogP contribution in [0.3, 0.4) is 0 Å². The Hall–Kier alpha value is -5.74. The average Bonchev–Trinajstić information content (AvgIpc) is 3.53. The molecule has 5 heteroatoms. The van der Waals surface area contributed by atoms with E-state index in [4.69, 9.17) is 4.42 Å². The van der Waals surface area contributed by atoms with E-state index in [0.29, 0.717) is 5.71 Å². The second-order valence-corrected chi connectivity index (χ2v) is 13.0. The van der Waals surface area contributed by atoms with Gasteiger partial charge in [0.2, 0.25) is 5.71 Å². The van der Waals surface area contributed by atoms with Gasteiger partial charge in [-0.1, -0.05) is 102 Å². The van der Waals surface area contributed by atoms with Crippen molar-refractivity contribution in [1.82, 2.24) is 15.0 Å². The van der Waals surface area contributed by atoms with Crippen molar-refractivity contribution in [3.8, 4) is 44.8 Å². The first-order valence-corrected chi connectivity index (χ1v) is 17.1. The minimum atomic E-state index is 0. The molecule has 0 aliphatic heterocycles. The van der Waals surface area contributed by atoms with Gasteiger partial charge in [0, 0.05) is 43.6 Å². The third-order valence-corrected chi connectivity index (χ3v) is 9.29. The zero-order chi connectivity index (χ0) is 34.9. The first-order chi connectivity index (χ1) is 24.9. The maximum Gasteiger partial charge on any atom is 0.216 e. The van der Waals surface area contributed by atoms with Crippen molar-refractivity contribution >= 4 is 32.8 Å². The number of hydrogen-bond donors (Lipinski definition) is 0. The Morgan fingerprint density at radius 1 is 0.596 bits per heavy atom. The van der Waals surface area contributed by atoms with E-state index < -0.39 is 0 Å². The summed E-state index contributed by atoms with van der Waals surface area (Å²) in [4.78, 5) is 13.7. The van der Waals surface area contributed by atoms with Crippen molar-refractivity contribution in [2.75, 3.05) is 0 Å². The molecule has 9 aromatic rings. The fraction of sp³-hybridized carbons (Fsp3) is 0.0851. The van der Waals surface area contributed by atoms with Gasteiger partial charge in [-0.2, -0.15) is 0 Å². The van der Waals surface area contributed by atoms with E-state index in [-0.39, 0.29) is 20.1 Å². The third-order valence-electron chi connectivity index (χ3n) is 9.29. The number of aromatic nitrogens is 3. The van der Waals surface area contributed by atoms with Crippen molar-refractivity contribution in [2.24, 2.45) is 0 Å². The molecule has 1 radical (unpaired) electrons. The van der Waals surface area contributed by atoms with Crippen molar-refractivity contribution < 1.29 is 24.5 Å². The number of benzene rings is 5. The molecule has 0 N–H and O–H groups in total. The van der Waals surface area contributed by atoms with Crippen LogP contribution in [-0.2, 0) is 20.1 Å². The van der Waals surface area contributed by atoms with Crippen molar-refractivity contribution in [3.05, 3.63) is 174 Å². The molecule has 0 atom stereocenters. The summed E-state index contributed by atoms with van der Waals surface area (Å²) in [7, 11) is 0. The SMILES string of the molecule is Cc1ccc(-c2[c-]cc(C)c(-c3ccccc3)c2)nc1.Cc1ccc2c(n1)oc1c(-c3cc(-c4cc5ccccc5cc4C)ccn3)[c-]ccc12.[Ir]. The van der Waals surface area contributed by atoms with Gasteiger partial charge in [0.1, 0.15) is 0 Å². The summed E-state index contributed by atoms with van der Waals surface area (Å²) in [5.41, 5.74) is 14.5. The molecule has 0 saturated carbocycles. The molecule has 0 saturated heterocycles. The van der Waals surface area contributed by atoms with Gasteiger partial charge in [-0.05, 0) is 95.0 Å². The molecule has 4 nitrogen and oxygen atoms in total. The zero-order valence-electron chi connectivity index (χ0n) is 29.4. The summed E-state index contributed by atoms with van der Waals surface area (Å²) in [6.07, 6.45) is 3.75. The third kappa shape index (κ3) is 6.94. The molecule has 5 aromatic carbocycles. The molecule has 4 heterocycles. The van der Waals surface area contributed by atoms with Crippen molar-refractivity contribution in [1.29, 1.82) is 0 Å². The molecule has 0 aliphatic carbocycles. The first kappa shape index (κ1) is 34.7. The van der Waals surface area contributed by atoms with Crippen molar-refractivity contribution in [3.63, 3.8) is 0 Å². The van der Waals surface area contributed by atoms with Crippen LogP contribution in [0.25, 0.3) is 77.6 Å². The van der Waals surface area contributed by atoms with E-state index in [1.165, 1.54) is 44.2 Å². The average molecular weight is 850 g/mol. The Bertz CT molecular complexity index is 2680. The Kier molecular flexibility index (Phi) is 9.91. The van der Waals surface area contributed by atoms with Crippen molar-refractivity contribution in [2.45, 2.75) is 27.7 Å². The molecule has 0 aliphatic rings. The molecule has 0 fully saturated rings. The van der Waals surface area contributed by atoms with Crippen LogP contribution in [0.2, 0.25) is 0 Å². The monoisotopic (exact) mass is 850 g/mol. The smallest absolute Gasteiger partial charge is 0.216 e. The Morgan fingerprint density at radius 3 is 2.15 bits per heavy atom. The van der Waals surface area contributed by atoms with E-state index in [1.54, 1.807) is 0 Å². The summed E-state index contributed by atoms with van der Waals surface area (Å²) >= 11 is 0. The number of furan rings is 1. The van der Waals surface area contributed by atoms with Crippen LogP contribution in [0.4, 0.5) is 0 Å². The zero-order valence-corrected chi connectivity index (χ0v) is 31.8. The second kappa shape index (κ2) is 14.9. The minimum Gasteiger partial charge on any atom is -0.486 e. The summed E-state index contributed by atoms with van der Waals surface area (Å²) < 4.78 is 6.16. The molecule has 0 bridgehead atoms. The molecule has 52 heavy (non-hydrogen) atoms. The van der Waals surface area contributed by atoms with Crippen LogP contribution in [-0.4, -0.2) is 15.0 Å². The predicted octanol–water partition coefficient (Wildman–Crippen LogP) is 12.1. The number of rotatable bonds is 4. The number of nitrogens with zero attached hydrogens (tertiary/aromatic N) is 3. The molecule has 255 valence electrons. The van der Waals surface area contributed by atoms with Crippen LogP contribution < -0.4 is 0 Å². The Balaban J connectivity index is 0.000000174. The maximum atomic E-state index is 6.16. The standard InChI is InChI=1S/C28H19N2O.C19H16N.Ir/c1-17-14-19-6-3-4-7-20(19)15-25(17)21-12-13-29-26(16-21)24-9-5-8-22-23-11-10-18(2)30-28(23)31-27(22)24;1-14-8-11-19(20-13-14)17-10-9-15(2)18(12-17)16-6-4-3-5-7-16;/h3-8,10-16H,1-2H3;3-9,11-13H,1-2H3;/q2*-1;. The largest absolute Gasteiger partial charge is 0.486 e. The Labute approximate surface area is 317 Å². The first-order valence-electron chi connectivity index (χ1n) is 17.1. The normalized spacial score (nSPS) is 10.9. The van der Waals surface area contributed by atoms with Crippen LogP contribution in [0, 0.1) is 39.8 Å². The number of hydrogen-bond acceptors (Lipinski definition) is 4. The minimum absolute atomic E-state index is 0. The number of fused-ring (bicyclic) bond motifs is 4. The van der Waals surface area contributed by atoms with Crippen LogP contribution in [0.1, 0.15) is 22.4 Å². The van der Waals surface area contributed by atoms with E-state index >= 15 is 0 Å². The number of pyridine rings is 3. The molecule has 0 spiro atoms. The topological polar surface area (TPSA) is 51.8 Å². The quantitative estimate of drug-likeness (QED) is 0.166. The summed E-state index contributed by atoms with van der Waals surface area (Å²) in [5, 5.41) is 4.53. The molecule has 9 rings (SSSR count). The van der Waals surface area contributed by atoms with Crippen LogP contribution in [0.5, 0.6) is 0 Å². The summed E-state index contributed by atoms with van der Waals surface area (Å²) in [5.74, 6) is 0.